The van der Waals surface area contributed by atoms with Gasteiger partial charge < -0.3 is 9.80 Å². The minimum Gasteiger partial charge on any atom is -0.338 e. The van der Waals surface area contributed by atoms with Gasteiger partial charge in [-0.15, -0.1) is 0 Å². The van der Waals surface area contributed by atoms with Gasteiger partial charge in [0.2, 0.25) is 5.91 Å². The molecule has 0 unspecified atom stereocenters. The van der Waals surface area contributed by atoms with Crippen molar-refractivity contribution in [3.05, 3.63) is 11.6 Å². The fourth-order valence-corrected chi connectivity index (χ4v) is 3.75. The van der Waals surface area contributed by atoms with E-state index in [0.29, 0.717) is 0 Å². The van der Waals surface area contributed by atoms with E-state index in [1.54, 1.807) is 0 Å². The number of nitrogens with zero attached hydrogens (tertiary/aromatic N) is 3. The molecule has 0 radical (unpaired) electrons. The summed E-state index contributed by atoms with van der Waals surface area (Å²) in [5, 5.41) is 0. The quantitative estimate of drug-likeness (QED) is 0.746. The number of allylic oxidation sites excluding steroid dienone is 1. The van der Waals surface area contributed by atoms with Crippen molar-refractivity contribution in [1.82, 2.24) is 14.7 Å². The Morgan fingerprint density at radius 3 is 2.41 bits per heavy atom. The van der Waals surface area contributed by atoms with Gasteiger partial charge in [0.15, 0.2) is 0 Å². The molecule has 22 heavy (non-hydrogen) atoms. The lowest BCUT2D eigenvalue weighted by Crippen LogP contribution is -2.46. The Balaban J connectivity index is 1.85. The Bertz CT molecular complexity index is 386. The molecule has 0 aromatic rings. The van der Waals surface area contributed by atoms with E-state index in [9.17, 15) is 4.79 Å². The van der Waals surface area contributed by atoms with Gasteiger partial charge in [0.05, 0.1) is 0 Å². The molecular weight excluding hydrogens is 274 g/mol. The molecule has 2 aliphatic rings. The molecule has 1 amide bonds. The Morgan fingerprint density at radius 1 is 1.05 bits per heavy atom. The topological polar surface area (TPSA) is 26.8 Å². The number of rotatable bonds is 4. The molecule has 0 aromatic heterocycles. The third-order valence-electron chi connectivity index (χ3n) is 5.19. The number of hydrogen-bond donors (Lipinski definition) is 0. The largest absolute Gasteiger partial charge is 0.338 e. The minimum absolute atomic E-state index is 0.240. The number of carbonyl (C=O) groups excluding carboxylic acids is 1. The van der Waals surface area contributed by atoms with Gasteiger partial charge in [-0.2, -0.15) is 0 Å². The van der Waals surface area contributed by atoms with Crippen LogP contribution in [0.4, 0.5) is 0 Å². The standard InChI is InChI=1S/C18H33N3O/c1-4-7-16(3)18(22)21-11-6-10-20(14-15-21)17-8-12-19(5-2)13-9-17/h7,17H,4-6,8-15H2,1-3H3/b16-7+. The second-order valence-corrected chi connectivity index (χ2v) is 6.64. The summed E-state index contributed by atoms with van der Waals surface area (Å²) in [5.74, 6) is 0.240. The smallest absolute Gasteiger partial charge is 0.249 e. The molecule has 4 heteroatoms. The average Bonchev–Trinajstić information content (AvgIpc) is 2.80. The van der Waals surface area contributed by atoms with E-state index < -0.39 is 0 Å². The fourth-order valence-electron chi connectivity index (χ4n) is 3.75. The molecule has 126 valence electrons. The van der Waals surface area contributed by atoms with Crippen molar-refractivity contribution >= 4 is 5.91 Å². The lowest BCUT2D eigenvalue weighted by molar-refractivity contribution is -0.127. The highest BCUT2D eigenvalue weighted by Gasteiger charge is 2.27. The van der Waals surface area contributed by atoms with Gasteiger partial charge in [-0.05, 0) is 52.2 Å². The summed E-state index contributed by atoms with van der Waals surface area (Å²) < 4.78 is 0. The maximum absolute atomic E-state index is 12.4. The minimum atomic E-state index is 0.240. The van der Waals surface area contributed by atoms with Gasteiger partial charge in [0.1, 0.15) is 0 Å². The van der Waals surface area contributed by atoms with Gasteiger partial charge in [-0.3, -0.25) is 9.69 Å². The summed E-state index contributed by atoms with van der Waals surface area (Å²) in [4.78, 5) is 19.7. The maximum Gasteiger partial charge on any atom is 0.249 e. The number of likely N-dealkylation sites (tertiary alicyclic amines) is 1. The van der Waals surface area contributed by atoms with E-state index in [1.807, 2.05) is 13.0 Å². The van der Waals surface area contributed by atoms with Gasteiger partial charge in [-0.25, -0.2) is 0 Å². The molecular formula is C18H33N3O. The Labute approximate surface area is 136 Å². The van der Waals surface area contributed by atoms with Crippen LogP contribution in [0, 0.1) is 0 Å². The van der Waals surface area contributed by atoms with Crippen LogP contribution in [0.3, 0.4) is 0 Å². The zero-order valence-corrected chi connectivity index (χ0v) is 14.7. The predicted octanol–water partition coefficient (Wildman–Crippen LogP) is 2.36. The molecule has 2 rings (SSSR count). The Morgan fingerprint density at radius 2 is 1.77 bits per heavy atom. The number of carbonyl (C=O) groups is 1. The van der Waals surface area contributed by atoms with Gasteiger partial charge in [-0.1, -0.05) is 19.9 Å². The third-order valence-corrected chi connectivity index (χ3v) is 5.19. The van der Waals surface area contributed by atoms with Crippen molar-refractivity contribution < 1.29 is 4.79 Å². The molecule has 0 atom stereocenters. The van der Waals surface area contributed by atoms with Crippen molar-refractivity contribution in [3.8, 4) is 0 Å². The SMILES string of the molecule is CC/C=C(\C)C(=O)N1CCCN(C2CCN(CC)CC2)CC1. The van der Waals surface area contributed by atoms with Crippen LogP contribution in [0.25, 0.3) is 0 Å². The van der Waals surface area contributed by atoms with Gasteiger partial charge >= 0.3 is 0 Å². The summed E-state index contributed by atoms with van der Waals surface area (Å²) in [5.41, 5.74) is 0.909. The summed E-state index contributed by atoms with van der Waals surface area (Å²) in [6.45, 7) is 13.9. The second-order valence-electron chi connectivity index (χ2n) is 6.64. The van der Waals surface area contributed by atoms with E-state index in [2.05, 4.69) is 28.5 Å². The van der Waals surface area contributed by atoms with Crippen LogP contribution in [0.1, 0.15) is 46.5 Å². The number of hydrogen-bond acceptors (Lipinski definition) is 3. The molecule has 0 saturated carbocycles. The first kappa shape index (κ1) is 17.5. The monoisotopic (exact) mass is 307 g/mol. The van der Waals surface area contributed by atoms with Crippen molar-refractivity contribution in [3.63, 3.8) is 0 Å². The molecule has 0 aromatic carbocycles. The molecule has 2 aliphatic heterocycles. The summed E-state index contributed by atoms with van der Waals surface area (Å²) in [6.07, 6.45) is 6.67. The zero-order valence-electron chi connectivity index (χ0n) is 14.7. The van der Waals surface area contributed by atoms with Crippen LogP contribution >= 0.6 is 0 Å². The predicted molar refractivity (Wildman–Crippen MR) is 92.0 cm³/mol. The highest BCUT2D eigenvalue weighted by Crippen LogP contribution is 2.18. The van der Waals surface area contributed by atoms with Crippen LogP contribution in [-0.2, 0) is 4.79 Å². The van der Waals surface area contributed by atoms with Crippen molar-refractivity contribution in [2.24, 2.45) is 0 Å². The van der Waals surface area contributed by atoms with Crippen LogP contribution in [0.15, 0.2) is 11.6 Å². The molecule has 2 saturated heterocycles. The summed E-state index contributed by atoms with van der Waals surface area (Å²) in [6, 6.07) is 0.727. The van der Waals surface area contributed by atoms with Crippen LogP contribution < -0.4 is 0 Å². The number of piperidine rings is 1. The molecule has 0 N–H and O–H groups in total. The molecule has 2 fully saturated rings. The van der Waals surface area contributed by atoms with Crippen LogP contribution in [0.2, 0.25) is 0 Å². The molecule has 0 aliphatic carbocycles. The second kappa shape index (κ2) is 8.68. The van der Waals surface area contributed by atoms with E-state index in [4.69, 9.17) is 0 Å². The lowest BCUT2D eigenvalue weighted by Gasteiger charge is -2.37. The fraction of sp³-hybridized carbons (Fsp3) is 0.833. The first-order valence-corrected chi connectivity index (χ1v) is 9.08. The van der Waals surface area contributed by atoms with E-state index in [0.717, 1.165) is 50.6 Å². The molecule has 0 spiro atoms. The van der Waals surface area contributed by atoms with E-state index in [-0.39, 0.29) is 5.91 Å². The van der Waals surface area contributed by atoms with Crippen molar-refractivity contribution in [2.75, 3.05) is 45.8 Å². The van der Waals surface area contributed by atoms with Gasteiger partial charge in [0, 0.05) is 37.8 Å². The summed E-state index contributed by atoms with van der Waals surface area (Å²) >= 11 is 0. The Kier molecular flexibility index (Phi) is 6.90. The van der Waals surface area contributed by atoms with Crippen LogP contribution in [0.5, 0.6) is 0 Å². The first-order chi connectivity index (χ1) is 10.7. The normalized spacial score (nSPS) is 23.6. The van der Waals surface area contributed by atoms with Crippen LogP contribution in [-0.4, -0.2) is 72.5 Å². The molecule has 0 bridgehead atoms. The third kappa shape index (κ3) is 4.56. The molecule has 2 heterocycles. The Hall–Kier alpha value is -0.870. The summed E-state index contributed by atoms with van der Waals surface area (Å²) in [7, 11) is 0. The average molecular weight is 307 g/mol. The van der Waals surface area contributed by atoms with Crippen molar-refractivity contribution in [1.29, 1.82) is 0 Å². The maximum atomic E-state index is 12.4. The van der Waals surface area contributed by atoms with Gasteiger partial charge in [0.25, 0.3) is 0 Å². The number of amides is 1. The van der Waals surface area contributed by atoms with Crippen molar-refractivity contribution in [2.45, 2.75) is 52.5 Å². The lowest BCUT2D eigenvalue weighted by atomic mass is 10.0. The van der Waals surface area contributed by atoms with E-state index >= 15 is 0 Å². The zero-order chi connectivity index (χ0) is 15.9. The van der Waals surface area contributed by atoms with E-state index in [1.165, 1.54) is 32.5 Å². The highest BCUT2D eigenvalue weighted by molar-refractivity contribution is 5.92. The molecule has 4 nitrogen and oxygen atoms in total. The first-order valence-electron chi connectivity index (χ1n) is 9.08. The highest BCUT2D eigenvalue weighted by atomic mass is 16.2.